The van der Waals surface area contributed by atoms with Crippen LogP contribution in [0.5, 0.6) is 0 Å². The normalized spacial score (nSPS) is 13.4. The number of hydrogen-bond acceptors (Lipinski definition) is 3. The fraction of sp³-hybridized carbons (Fsp3) is 0.174. The topological polar surface area (TPSA) is 37.6 Å². The van der Waals surface area contributed by atoms with Gasteiger partial charge in [0.2, 0.25) is 0 Å². The summed E-state index contributed by atoms with van der Waals surface area (Å²) in [5.74, 6) is -0.153. The van der Waals surface area contributed by atoms with E-state index in [2.05, 4.69) is 4.98 Å². The summed E-state index contributed by atoms with van der Waals surface area (Å²) >= 11 is 25.3. The van der Waals surface area contributed by atoms with Gasteiger partial charge in [0.15, 0.2) is 0 Å². The summed E-state index contributed by atoms with van der Waals surface area (Å²) < 4.78 is 0. The Morgan fingerprint density at radius 3 is 1.60 bits per heavy atom. The van der Waals surface area contributed by atoms with Crippen molar-refractivity contribution in [2.45, 2.75) is 20.3 Å². The van der Waals surface area contributed by atoms with Gasteiger partial charge in [-0.25, -0.2) is 0 Å². The lowest BCUT2D eigenvalue weighted by atomic mass is 9.93. The first kappa shape index (κ1) is 22.8. The minimum absolute atomic E-state index is 0.153. The molecule has 3 rings (SSSR count). The number of hydrogen-bond donors (Lipinski definition) is 0. The van der Waals surface area contributed by atoms with Crippen molar-refractivity contribution in [2.75, 3.05) is 0 Å². The SMILES string of the molecule is C/C(=N\c1c(Cl)cccc1Cl)C(Cc1ccccn1)/C(C)=N/c1c(Cl)cccc1Cl. The zero-order chi connectivity index (χ0) is 21.7. The number of halogens is 4. The molecule has 0 saturated carbocycles. The summed E-state index contributed by atoms with van der Waals surface area (Å²) in [5, 5.41) is 1.95. The molecule has 30 heavy (non-hydrogen) atoms. The van der Waals surface area contributed by atoms with Gasteiger partial charge < -0.3 is 0 Å². The molecule has 154 valence electrons. The molecule has 0 amide bonds. The van der Waals surface area contributed by atoms with Gasteiger partial charge in [-0.2, -0.15) is 0 Å². The van der Waals surface area contributed by atoms with Crippen LogP contribution in [0.3, 0.4) is 0 Å². The molecule has 0 saturated heterocycles. The summed E-state index contributed by atoms with van der Waals surface area (Å²) in [6, 6.07) is 16.4. The van der Waals surface area contributed by atoms with Crippen molar-refractivity contribution in [1.29, 1.82) is 0 Å². The van der Waals surface area contributed by atoms with Gasteiger partial charge in [-0.3, -0.25) is 15.0 Å². The fourth-order valence-corrected chi connectivity index (χ4v) is 3.99. The molecule has 0 aliphatic carbocycles. The Morgan fingerprint density at radius 2 is 1.20 bits per heavy atom. The molecule has 3 nitrogen and oxygen atoms in total. The summed E-state index contributed by atoms with van der Waals surface area (Å²) in [6.45, 7) is 3.86. The second-order valence-electron chi connectivity index (χ2n) is 6.72. The lowest BCUT2D eigenvalue weighted by Crippen LogP contribution is -2.23. The highest BCUT2D eigenvalue weighted by molar-refractivity contribution is 6.39. The quantitative estimate of drug-likeness (QED) is 0.327. The third kappa shape index (κ3) is 5.61. The van der Waals surface area contributed by atoms with Crippen LogP contribution in [0.25, 0.3) is 0 Å². The number of pyridine rings is 1. The number of para-hydroxylation sites is 2. The molecule has 0 spiro atoms. The van der Waals surface area contributed by atoms with Crippen LogP contribution in [0.1, 0.15) is 19.5 Å². The summed E-state index contributed by atoms with van der Waals surface area (Å²) in [6.07, 6.45) is 2.37. The fourth-order valence-electron chi connectivity index (χ4n) is 3.03. The second-order valence-corrected chi connectivity index (χ2v) is 8.35. The predicted molar refractivity (Wildman–Crippen MR) is 130 cm³/mol. The maximum absolute atomic E-state index is 6.32. The maximum atomic E-state index is 6.32. The smallest absolute Gasteiger partial charge is 0.100 e. The number of rotatable bonds is 6. The third-order valence-electron chi connectivity index (χ3n) is 4.60. The van der Waals surface area contributed by atoms with Gasteiger partial charge in [-0.1, -0.05) is 64.6 Å². The van der Waals surface area contributed by atoms with Crippen molar-refractivity contribution in [2.24, 2.45) is 15.9 Å². The highest BCUT2D eigenvalue weighted by Gasteiger charge is 2.20. The van der Waals surface area contributed by atoms with Crippen molar-refractivity contribution in [3.8, 4) is 0 Å². The molecular weight excluding hydrogens is 460 g/mol. The Bertz CT molecular complexity index is 987. The Labute approximate surface area is 196 Å². The van der Waals surface area contributed by atoms with E-state index < -0.39 is 0 Å². The molecule has 0 unspecified atom stereocenters. The monoisotopic (exact) mass is 477 g/mol. The molecule has 0 aliphatic heterocycles. The van der Waals surface area contributed by atoms with Gasteiger partial charge in [0.25, 0.3) is 0 Å². The minimum Gasteiger partial charge on any atom is -0.261 e. The van der Waals surface area contributed by atoms with E-state index in [0.717, 1.165) is 17.1 Å². The summed E-state index contributed by atoms with van der Waals surface area (Å²) in [5.41, 5.74) is 3.60. The standard InChI is InChI=1S/C23H19Cl4N3/c1-14(29-22-18(24)8-5-9-19(22)25)17(13-16-7-3-4-12-28-16)15(2)30-23-20(26)10-6-11-21(23)27/h3-12,17H,13H2,1-2H3/b29-14+,30-15+. The van der Waals surface area contributed by atoms with Crippen LogP contribution in [-0.2, 0) is 6.42 Å². The van der Waals surface area contributed by atoms with Crippen LogP contribution < -0.4 is 0 Å². The van der Waals surface area contributed by atoms with Gasteiger partial charge in [-0.05, 0) is 50.2 Å². The first-order chi connectivity index (χ1) is 14.4. The molecule has 0 radical (unpaired) electrons. The summed E-state index contributed by atoms with van der Waals surface area (Å²) in [4.78, 5) is 13.9. The maximum Gasteiger partial charge on any atom is 0.100 e. The Hall–Kier alpha value is -1.91. The number of benzene rings is 2. The van der Waals surface area contributed by atoms with Crippen LogP contribution in [0, 0.1) is 5.92 Å². The summed E-state index contributed by atoms with van der Waals surface area (Å²) in [7, 11) is 0. The largest absolute Gasteiger partial charge is 0.261 e. The molecular formula is C23H19Cl4N3. The highest BCUT2D eigenvalue weighted by atomic mass is 35.5. The van der Waals surface area contributed by atoms with E-state index in [9.17, 15) is 0 Å². The minimum atomic E-state index is -0.153. The predicted octanol–water partition coefficient (Wildman–Crippen LogP) is 8.44. The molecule has 0 aliphatic rings. The Morgan fingerprint density at radius 1 is 0.733 bits per heavy atom. The van der Waals surface area contributed by atoms with E-state index >= 15 is 0 Å². The van der Waals surface area contributed by atoms with Crippen LogP contribution in [0.15, 0.2) is 70.8 Å². The van der Waals surface area contributed by atoms with Crippen LogP contribution in [0.4, 0.5) is 11.4 Å². The van der Waals surface area contributed by atoms with Gasteiger partial charge in [0.05, 0.1) is 20.1 Å². The lowest BCUT2D eigenvalue weighted by molar-refractivity contribution is 0.848. The number of nitrogens with zero attached hydrogens (tertiary/aromatic N) is 3. The Balaban J connectivity index is 2.06. The van der Waals surface area contributed by atoms with E-state index in [1.54, 1.807) is 42.6 Å². The first-order valence-electron chi connectivity index (χ1n) is 9.25. The van der Waals surface area contributed by atoms with Crippen molar-refractivity contribution < 1.29 is 0 Å². The van der Waals surface area contributed by atoms with Gasteiger partial charge in [0.1, 0.15) is 11.4 Å². The van der Waals surface area contributed by atoms with Crippen LogP contribution in [0.2, 0.25) is 20.1 Å². The molecule has 2 aromatic carbocycles. The van der Waals surface area contributed by atoms with Gasteiger partial charge >= 0.3 is 0 Å². The van der Waals surface area contributed by atoms with E-state index in [-0.39, 0.29) is 5.92 Å². The molecule has 7 heteroatoms. The molecule has 1 heterocycles. The number of aromatic nitrogens is 1. The van der Waals surface area contributed by atoms with Crippen molar-refractivity contribution in [3.05, 3.63) is 86.6 Å². The molecule has 0 atom stereocenters. The van der Waals surface area contributed by atoms with E-state index in [1.165, 1.54) is 0 Å². The second kappa shape index (κ2) is 10.4. The van der Waals surface area contributed by atoms with Crippen LogP contribution in [-0.4, -0.2) is 16.4 Å². The lowest BCUT2D eigenvalue weighted by Gasteiger charge is -2.18. The van der Waals surface area contributed by atoms with E-state index in [0.29, 0.717) is 37.9 Å². The zero-order valence-corrected chi connectivity index (χ0v) is 19.4. The highest BCUT2D eigenvalue weighted by Crippen LogP contribution is 2.35. The number of aliphatic imine (C=N–C) groups is 2. The third-order valence-corrected chi connectivity index (χ3v) is 5.82. The van der Waals surface area contributed by atoms with Gasteiger partial charge in [-0.15, -0.1) is 0 Å². The van der Waals surface area contributed by atoms with Crippen molar-refractivity contribution in [3.63, 3.8) is 0 Å². The molecule has 1 aromatic heterocycles. The van der Waals surface area contributed by atoms with Gasteiger partial charge in [0, 0.05) is 35.7 Å². The average molecular weight is 479 g/mol. The Kier molecular flexibility index (Phi) is 7.90. The average Bonchev–Trinajstić information content (AvgIpc) is 2.72. The van der Waals surface area contributed by atoms with E-state index in [4.69, 9.17) is 56.4 Å². The van der Waals surface area contributed by atoms with E-state index in [1.807, 2.05) is 32.0 Å². The zero-order valence-electron chi connectivity index (χ0n) is 16.4. The van der Waals surface area contributed by atoms with Crippen molar-refractivity contribution in [1.82, 2.24) is 4.98 Å². The van der Waals surface area contributed by atoms with Crippen molar-refractivity contribution >= 4 is 69.2 Å². The first-order valence-corrected chi connectivity index (χ1v) is 10.8. The molecule has 0 N–H and O–H groups in total. The molecule has 0 fully saturated rings. The molecule has 0 bridgehead atoms. The van der Waals surface area contributed by atoms with Crippen LogP contribution >= 0.6 is 46.4 Å². The molecule has 3 aromatic rings.